The second kappa shape index (κ2) is 7.72. The zero-order chi connectivity index (χ0) is 19.3. The van der Waals surface area contributed by atoms with Gasteiger partial charge in [0.25, 0.3) is 11.8 Å². The summed E-state index contributed by atoms with van der Waals surface area (Å²) in [5, 5.41) is 13.3. The van der Waals surface area contributed by atoms with Gasteiger partial charge in [-0.15, -0.1) is 0 Å². The Hall–Kier alpha value is -3.30. The number of carbonyl (C=O) groups excluding carboxylic acids is 2. The summed E-state index contributed by atoms with van der Waals surface area (Å²) in [5.74, 6) is -1.75. The molecule has 9 heteroatoms. The van der Waals surface area contributed by atoms with Crippen molar-refractivity contribution in [1.29, 1.82) is 0 Å². The lowest BCUT2D eigenvalue weighted by Gasteiger charge is -2.12. The fourth-order valence-electron chi connectivity index (χ4n) is 2.04. The minimum atomic E-state index is -3.82. The van der Waals surface area contributed by atoms with Gasteiger partial charge in [0.2, 0.25) is 10.0 Å². The SMILES string of the molecule is NS(=O)(=O)c1cccc(C(=O)O)c1.O=C1C=CC(=O)N1c1ccccc1. The Kier molecular flexibility index (Phi) is 5.65. The van der Waals surface area contributed by atoms with Gasteiger partial charge in [-0.2, -0.15) is 0 Å². The Morgan fingerprint density at radius 1 is 0.923 bits per heavy atom. The standard InChI is InChI=1S/C10H7NO2.C7H7NO4S/c12-9-6-7-10(13)11(9)8-4-2-1-3-5-8;8-13(11,12)6-3-1-2-5(4-6)7(9)10/h1-7H;1-4H,(H,9,10)(H2,8,11,12). The summed E-state index contributed by atoms with van der Waals surface area (Å²) < 4.78 is 21.6. The van der Waals surface area contributed by atoms with Crippen LogP contribution in [-0.2, 0) is 19.6 Å². The number of nitrogens with zero attached hydrogens (tertiary/aromatic N) is 1. The second-order valence-corrected chi connectivity index (χ2v) is 6.62. The third-order valence-electron chi connectivity index (χ3n) is 3.23. The topological polar surface area (TPSA) is 135 Å². The van der Waals surface area contributed by atoms with E-state index in [1.54, 1.807) is 24.3 Å². The lowest BCUT2D eigenvalue weighted by atomic mass is 10.2. The van der Waals surface area contributed by atoms with E-state index in [1.165, 1.54) is 30.4 Å². The molecular weight excluding hydrogens is 360 g/mol. The first kappa shape index (κ1) is 19.0. The number of nitrogens with two attached hydrogens (primary N) is 1. The molecule has 1 aliphatic rings. The molecule has 134 valence electrons. The van der Waals surface area contributed by atoms with Gasteiger partial charge in [-0.05, 0) is 30.3 Å². The van der Waals surface area contributed by atoms with E-state index in [0.29, 0.717) is 5.69 Å². The molecule has 0 saturated heterocycles. The molecule has 0 bridgehead atoms. The molecule has 26 heavy (non-hydrogen) atoms. The highest BCUT2D eigenvalue weighted by molar-refractivity contribution is 7.89. The van der Waals surface area contributed by atoms with Gasteiger partial charge < -0.3 is 5.11 Å². The molecular formula is C17H14N2O6S. The number of carbonyl (C=O) groups is 3. The average molecular weight is 374 g/mol. The van der Waals surface area contributed by atoms with Crippen LogP contribution in [0.3, 0.4) is 0 Å². The van der Waals surface area contributed by atoms with Crippen molar-refractivity contribution in [2.45, 2.75) is 4.90 Å². The van der Waals surface area contributed by atoms with Gasteiger partial charge >= 0.3 is 5.97 Å². The van der Waals surface area contributed by atoms with Gasteiger partial charge in [0.05, 0.1) is 16.1 Å². The fraction of sp³-hybridized carbons (Fsp3) is 0. The molecule has 8 nitrogen and oxygen atoms in total. The van der Waals surface area contributed by atoms with E-state index in [2.05, 4.69) is 0 Å². The van der Waals surface area contributed by atoms with Crippen molar-refractivity contribution in [3.05, 3.63) is 72.3 Å². The van der Waals surface area contributed by atoms with Gasteiger partial charge in [-0.1, -0.05) is 24.3 Å². The van der Waals surface area contributed by atoms with E-state index in [4.69, 9.17) is 10.2 Å². The summed E-state index contributed by atoms with van der Waals surface area (Å²) in [6.07, 6.45) is 2.55. The molecule has 0 unspecified atom stereocenters. The number of benzene rings is 2. The molecule has 2 amide bonds. The summed E-state index contributed by atoms with van der Waals surface area (Å²) in [6, 6.07) is 13.7. The van der Waals surface area contributed by atoms with Crippen LogP contribution in [0.25, 0.3) is 0 Å². The van der Waals surface area contributed by atoms with E-state index < -0.39 is 16.0 Å². The number of amides is 2. The van der Waals surface area contributed by atoms with Crippen molar-refractivity contribution in [3.8, 4) is 0 Å². The Labute approximate surface area is 149 Å². The van der Waals surface area contributed by atoms with Crippen LogP contribution in [0.2, 0.25) is 0 Å². The molecule has 0 saturated carbocycles. The smallest absolute Gasteiger partial charge is 0.335 e. The number of hydrogen-bond donors (Lipinski definition) is 2. The van der Waals surface area contributed by atoms with Crippen LogP contribution >= 0.6 is 0 Å². The monoisotopic (exact) mass is 374 g/mol. The van der Waals surface area contributed by atoms with Crippen LogP contribution in [-0.4, -0.2) is 31.3 Å². The molecule has 0 radical (unpaired) electrons. The van der Waals surface area contributed by atoms with Gasteiger partial charge in [0.1, 0.15) is 0 Å². The van der Waals surface area contributed by atoms with Gasteiger partial charge in [-0.25, -0.2) is 23.3 Å². The Morgan fingerprint density at radius 2 is 1.50 bits per heavy atom. The van der Waals surface area contributed by atoms with Crippen molar-refractivity contribution in [3.63, 3.8) is 0 Å². The van der Waals surface area contributed by atoms with Crippen LogP contribution in [0.5, 0.6) is 0 Å². The lowest BCUT2D eigenvalue weighted by Crippen LogP contribution is -2.29. The first-order chi connectivity index (χ1) is 12.2. The maximum atomic E-state index is 11.2. The van der Waals surface area contributed by atoms with Crippen LogP contribution in [0, 0.1) is 0 Å². The van der Waals surface area contributed by atoms with Crippen LogP contribution in [0.4, 0.5) is 5.69 Å². The predicted molar refractivity (Wildman–Crippen MR) is 92.8 cm³/mol. The first-order valence-corrected chi connectivity index (χ1v) is 8.72. The predicted octanol–water partition coefficient (Wildman–Crippen LogP) is 1.15. The third kappa shape index (κ3) is 4.62. The highest BCUT2D eigenvalue weighted by Gasteiger charge is 2.24. The summed E-state index contributed by atoms with van der Waals surface area (Å²) in [4.78, 5) is 33.8. The molecule has 3 N–H and O–H groups in total. The van der Waals surface area contributed by atoms with E-state index in [9.17, 15) is 22.8 Å². The number of para-hydroxylation sites is 1. The molecule has 2 aromatic carbocycles. The van der Waals surface area contributed by atoms with Crippen molar-refractivity contribution in [1.82, 2.24) is 0 Å². The maximum absolute atomic E-state index is 11.2. The molecule has 0 spiro atoms. The normalized spacial score (nSPS) is 13.3. The summed E-state index contributed by atoms with van der Waals surface area (Å²) in [6.45, 7) is 0. The highest BCUT2D eigenvalue weighted by atomic mass is 32.2. The number of rotatable bonds is 3. The largest absolute Gasteiger partial charge is 0.478 e. The zero-order valence-corrected chi connectivity index (χ0v) is 14.1. The number of hydrogen-bond acceptors (Lipinski definition) is 5. The molecule has 1 aliphatic heterocycles. The van der Waals surface area contributed by atoms with E-state index >= 15 is 0 Å². The highest BCUT2D eigenvalue weighted by Crippen LogP contribution is 2.17. The lowest BCUT2D eigenvalue weighted by molar-refractivity contribution is -0.119. The molecule has 3 rings (SSSR count). The molecule has 0 atom stereocenters. The summed E-state index contributed by atoms with van der Waals surface area (Å²) >= 11 is 0. The van der Waals surface area contributed by atoms with Gasteiger partial charge in [0.15, 0.2) is 0 Å². The number of imide groups is 1. The van der Waals surface area contributed by atoms with Crippen molar-refractivity contribution in [2.24, 2.45) is 5.14 Å². The van der Waals surface area contributed by atoms with Crippen LogP contribution in [0.1, 0.15) is 10.4 Å². The van der Waals surface area contributed by atoms with Crippen molar-refractivity contribution in [2.75, 3.05) is 4.90 Å². The van der Waals surface area contributed by atoms with E-state index in [-0.39, 0.29) is 22.3 Å². The molecule has 0 aliphatic carbocycles. The number of primary sulfonamides is 1. The molecule has 0 fully saturated rings. The number of carboxylic acid groups (broad SMARTS) is 1. The van der Waals surface area contributed by atoms with Gasteiger partial charge in [0, 0.05) is 12.2 Å². The fourth-order valence-corrected chi connectivity index (χ4v) is 2.60. The number of aromatic carboxylic acids is 1. The van der Waals surface area contributed by atoms with E-state index in [0.717, 1.165) is 11.0 Å². The Bertz CT molecular complexity index is 965. The molecule has 2 aromatic rings. The molecule has 0 aromatic heterocycles. The first-order valence-electron chi connectivity index (χ1n) is 7.17. The minimum absolute atomic E-state index is 0.105. The number of anilines is 1. The van der Waals surface area contributed by atoms with Crippen LogP contribution < -0.4 is 10.0 Å². The maximum Gasteiger partial charge on any atom is 0.335 e. The number of carboxylic acids is 1. The Morgan fingerprint density at radius 3 is 2.00 bits per heavy atom. The van der Waals surface area contributed by atoms with Gasteiger partial charge in [-0.3, -0.25) is 9.59 Å². The molecule has 1 heterocycles. The quantitative estimate of drug-likeness (QED) is 0.774. The summed E-state index contributed by atoms with van der Waals surface area (Å²) in [7, 11) is -3.82. The minimum Gasteiger partial charge on any atom is -0.478 e. The Balaban J connectivity index is 0.000000187. The van der Waals surface area contributed by atoms with Crippen molar-refractivity contribution < 1.29 is 27.9 Å². The summed E-state index contributed by atoms with van der Waals surface area (Å²) in [5.41, 5.74) is 0.508. The average Bonchev–Trinajstić information content (AvgIpc) is 2.94. The third-order valence-corrected chi connectivity index (χ3v) is 4.14. The second-order valence-electron chi connectivity index (χ2n) is 5.06. The zero-order valence-electron chi connectivity index (χ0n) is 13.3. The number of sulfonamides is 1. The van der Waals surface area contributed by atoms with Crippen molar-refractivity contribution >= 4 is 33.5 Å². The van der Waals surface area contributed by atoms with Crippen LogP contribution in [0.15, 0.2) is 71.6 Å². The van der Waals surface area contributed by atoms with E-state index in [1.807, 2.05) is 6.07 Å².